The Morgan fingerprint density at radius 1 is 1.30 bits per heavy atom. The van der Waals surface area contributed by atoms with Crippen molar-refractivity contribution in [1.29, 1.82) is 0 Å². The minimum absolute atomic E-state index is 0.0200. The first kappa shape index (κ1) is 17.1. The second-order valence-electron chi connectivity index (χ2n) is 6.34. The molecule has 0 aliphatic carbocycles. The van der Waals surface area contributed by atoms with Gasteiger partial charge in [-0.2, -0.15) is 4.98 Å². The number of benzene rings is 1. The topological polar surface area (TPSA) is 94.2 Å². The van der Waals surface area contributed by atoms with Crippen molar-refractivity contribution in [1.82, 2.24) is 25.0 Å². The molecule has 1 aliphatic heterocycles. The van der Waals surface area contributed by atoms with Crippen molar-refractivity contribution in [2.45, 2.75) is 18.8 Å². The number of rotatable bonds is 4. The molecule has 8 heteroatoms. The number of carbonyl (C=O) groups is 1. The molecule has 0 saturated carbocycles. The average Bonchev–Trinajstić information content (AvgIpc) is 3.24. The first-order valence-electron chi connectivity index (χ1n) is 8.78. The van der Waals surface area contributed by atoms with Crippen LogP contribution in [0.4, 0.5) is 0 Å². The summed E-state index contributed by atoms with van der Waals surface area (Å²) in [5.74, 6) is 1.48. The normalized spacial score (nSPS) is 16.9. The van der Waals surface area contributed by atoms with Gasteiger partial charge in [0.05, 0.1) is 18.9 Å². The summed E-state index contributed by atoms with van der Waals surface area (Å²) in [6.45, 7) is 1.23. The zero-order valence-corrected chi connectivity index (χ0v) is 14.9. The molecule has 138 valence electrons. The summed E-state index contributed by atoms with van der Waals surface area (Å²) in [5.41, 5.74) is 1.10. The van der Waals surface area contributed by atoms with E-state index in [-0.39, 0.29) is 11.8 Å². The molecule has 3 heterocycles. The van der Waals surface area contributed by atoms with Crippen LogP contribution < -0.4 is 4.74 Å². The lowest BCUT2D eigenvalue weighted by Gasteiger charge is -2.31. The van der Waals surface area contributed by atoms with Crippen molar-refractivity contribution in [3.8, 4) is 17.3 Å². The van der Waals surface area contributed by atoms with Crippen LogP contribution in [0.15, 0.2) is 47.4 Å². The quantitative estimate of drug-likeness (QED) is 0.701. The van der Waals surface area contributed by atoms with E-state index in [0.29, 0.717) is 41.8 Å². The molecule has 1 unspecified atom stereocenters. The Hall–Kier alpha value is -3.29. The largest absolute Gasteiger partial charge is 0.496 e. The van der Waals surface area contributed by atoms with Gasteiger partial charge in [-0.15, -0.1) is 0 Å². The average molecular weight is 365 g/mol. The second-order valence-corrected chi connectivity index (χ2v) is 6.34. The van der Waals surface area contributed by atoms with Crippen LogP contribution in [-0.2, 0) is 0 Å². The highest BCUT2D eigenvalue weighted by atomic mass is 16.5. The third-order valence-corrected chi connectivity index (χ3v) is 4.64. The van der Waals surface area contributed by atoms with E-state index in [1.807, 2.05) is 17.0 Å². The highest BCUT2D eigenvalue weighted by Crippen LogP contribution is 2.28. The fourth-order valence-electron chi connectivity index (χ4n) is 3.28. The van der Waals surface area contributed by atoms with Crippen LogP contribution in [0.25, 0.3) is 11.6 Å². The Balaban J connectivity index is 1.52. The Morgan fingerprint density at radius 3 is 3.00 bits per heavy atom. The van der Waals surface area contributed by atoms with Crippen LogP contribution in [-0.4, -0.2) is 51.1 Å². The Morgan fingerprint density at radius 2 is 2.19 bits per heavy atom. The molecule has 0 N–H and O–H groups in total. The number of nitrogens with zero attached hydrogens (tertiary/aromatic N) is 5. The van der Waals surface area contributed by atoms with Gasteiger partial charge in [-0.25, -0.2) is 4.98 Å². The van der Waals surface area contributed by atoms with Gasteiger partial charge in [0.25, 0.3) is 11.8 Å². The molecule has 0 bridgehead atoms. The number of para-hydroxylation sites is 1. The number of piperidine rings is 1. The van der Waals surface area contributed by atoms with E-state index in [9.17, 15) is 4.79 Å². The summed E-state index contributed by atoms with van der Waals surface area (Å²) >= 11 is 0. The summed E-state index contributed by atoms with van der Waals surface area (Å²) in [5, 5.41) is 4.10. The van der Waals surface area contributed by atoms with Gasteiger partial charge < -0.3 is 14.2 Å². The Labute approximate surface area is 156 Å². The minimum Gasteiger partial charge on any atom is -0.496 e. The van der Waals surface area contributed by atoms with Crippen LogP contribution in [0, 0.1) is 0 Å². The number of ether oxygens (including phenoxy) is 1. The van der Waals surface area contributed by atoms with Gasteiger partial charge >= 0.3 is 0 Å². The maximum Gasteiger partial charge on any atom is 0.278 e. The first-order chi connectivity index (χ1) is 13.3. The zero-order valence-electron chi connectivity index (χ0n) is 14.9. The molecule has 0 spiro atoms. The Bertz CT molecular complexity index is 928. The molecule has 1 aliphatic rings. The minimum atomic E-state index is -0.0465. The number of amides is 1. The molecule has 3 aromatic rings. The van der Waals surface area contributed by atoms with Gasteiger partial charge in [0, 0.05) is 31.4 Å². The Kier molecular flexibility index (Phi) is 4.78. The van der Waals surface area contributed by atoms with Crippen molar-refractivity contribution in [2.75, 3.05) is 20.2 Å². The molecule has 1 atom stereocenters. The van der Waals surface area contributed by atoms with E-state index in [1.54, 1.807) is 37.8 Å². The van der Waals surface area contributed by atoms with Gasteiger partial charge in [0.1, 0.15) is 11.4 Å². The summed E-state index contributed by atoms with van der Waals surface area (Å²) < 4.78 is 10.7. The van der Waals surface area contributed by atoms with Gasteiger partial charge in [0.15, 0.2) is 5.82 Å². The van der Waals surface area contributed by atoms with Gasteiger partial charge in [-0.1, -0.05) is 17.3 Å². The number of aromatic nitrogens is 4. The van der Waals surface area contributed by atoms with Crippen molar-refractivity contribution >= 4 is 5.91 Å². The van der Waals surface area contributed by atoms with Crippen molar-refractivity contribution < 1.29 is 14.1 Å². The molecule has 2 aromatic heterocycles. The van der Waals surface area contributed by atoms with Crippen molar-refractivity contribution in [3.05, 3.63) is 54.2 Å². The zero-order chi connectivity index (χ0) is 18.6. The molecule has 8 nitrogen and oxygen atoms in total. The third-order valence-electron chi connectivity index (χ3n) is 4.64. The molecule has 4 rings (SSSR count). The van der Waals surface area contributed by atoms with Gasteiger partial charge in [0.2, 0.25) is 0 Å². The first-order valence-corrected chi connectivity index (χ1v) is 8.78. The summed E-state index contributed by atoms with van der Waals surface area (Å²) in [6, 6.07) is 7.26. The second kappa shape index (κ2) is 7.53. The fraction of sp³-hybridized carbons (Fsp3) is 0.316. The van der Waals surface area contributed by atoms with E-state index < -0.39 is 0 Å². The van der Waals surface area contributed by atoms with Crippen molar-refractivity contribution in [2.24, 2.45) is 0 Å². The number of hydrogen-bond acceptors (Lipinski definition) is 7. The van der Waals surface area contributed by atoms with E-state index >= 15 is 0 Å². The number of methoxy groups -OCH3 is 1. The monoisotopic (exact) mass is 365 g/mol. The van der Waals surface area contributed by atoms with Gasteiger partial charge in [-0.05, 0) is 25.0 Å². The molecular weight excluding hydrogens is 346 g/mol. The fourth-order valence-corrected chi connectivity index (χ4v) is 3.28. The smallest absolute Gasteiger partial charge is 0.278 e. The van der Waals surface area contributed by atoms with Crippen LogP contribution in [0.5, 0.6) is 5.75 Å². The van der Waals surface area contributed by atoms with E-state index in [1.165, 1.54) is 0 Å². The molecule has 1 amide bonds. The third kappa shape index (κ3) is 3.51. The van der Waals surface area contributed by atoms with Crippen LogP contribution >= 0.6 is 0 Å². The highest BCUT2D eigenvalue weighted by molar-refractivity contribution is 5.97. The molecule has 1 aromatic carbocycles. The maximum atomic E-state index is 12.9. The summed E-state index contributed by atoms with van der Waals surface area (Å²) in [7, 11) is 1.57. The number of likely N-dealkylation sites (tertiary alicyclic amines) is 1. The van der Waals surface area contributed by atoms with Crippen molar-refractivity contribution in [3.63, 3.8) is 0 Å². The standard InChI is InChI=1S/C19H19N5O3/c1-26-16-7-3-2-6-14(16)19(25)24-10-4-5-13(12-24)17-22-18(27-23-17)15-11-20-8-9-21-15/h2-3,6-9,11,13H,4-5,10,12H2,1H3. The highest BCUT2D eigenvalue weighted by Gasteiger charge is 2.29. The van der Waals surface area contributed by atoms with E-state index in [4.69, 9.17) is 9.26 Å². The van der Waals surface area contributed by atoms with Crippen LogP contribution in [0.1, 0.15) is 34.9 Å². The van der Waals surface area contributed by atoms with E-state index in [2.05, 4.69) is 20.1 Å². The summed E-state index contributed by atoms with van der Waals surface area (Å²) in [6.07, 6.45) is 6.52. The molecule has 1 saturated heterocycles. The maximum absolute atomic E-state index is 12.9. The molecule has 1 fully saturated rings. The van der Waals surface area contributed by atoms with Crippen LogP contribution in [0.3, 0.4) is 0 Å². The number of carbonyl (C=O) groups excluding carboxylic acids is 1. The van der Waals surface area contributed by atoms with Gasteiger partial charge in [-0.3, -0.25) is 9.78 Å². The molecular formula is C19H19N5O3. The lowest BCUT2D eigenvalue weighted by molar-refractivity contribution is 0.0700. The SMILES string of the molecule is COc1ccccc1C(=O)N1CCCC(c2noc(-c3cnccn3)n2)C1. The van der Waals surface area contributed by atoms with E-state index in [0.717, 1.165) is 12.8 Å². The lowest BCUT2D eigenvalue weighted by atomic mass is 9.96. The summed E-state index contributed by atoms with van der Waals surface area (Å²) in [4.78, 5) is 27.4. The number of hydrogen-bond donors (Lipinski definition) is 0. The predicted octanol–water partition coefficient (Wildman–Crippen LogP) is 2.56. The molecule has 27 heavy (non-hydrogen) atoms. The lowest BCUT2D eigenvalue weighted by Crippen LogP contribution is -2.39. The molecule has 0 radical (unpaired) electrons. The predicted molar refractivity (Wildman–Crippen MR) is 96.2 cm³/mol. The van der Waals surface area contributed by atoms with Crippen LogP contribution in [0.2, 0.25) is 0 Å².